The summed E-state index contributed by atoms with van der Waals surface area (Å²) in [7, 11) is 0. The van der Waals surface area contributed by atoms with Gasteiger partial charge in [0.1, 0.15) is 17.0 Å². The van der Waals surface area contributed by atoms with Crippen LogP contribution in [0.2, 0.25) is 0 Å². The first-order valence-electron chi connectivity index (χ1n) is 5.64. The minimum absolute atomic E-state index is 0.0144. The Hall–Kier alpha value is -1.88. The van der Waals surface area contributed by atoms with Gasteiger partial charge in [-0.1, -0.05) is 0 Å². The average molecular weight is 230 g/mol. The number of fused-ring (bicyclic) bond motifs is 3. The number of aliphatic hydroxyl groups excluding tert-OH is 1. The van der Waals surface area contributed by atoms with Gasteiger partial charge in [-0.15, -0.1) is 0 Å². The lowest BCUT2D eigenvalue weighted by molar-refractivity contribution is 0.240. The predicted octanol–water partition coefficient (Wildman–Crippen LogP) is 1.77. The summed E-state index contributed by atoms with van der Waals surface area (Å²) in [4.78, 5) is 11.9. The van der Waals surface area contributed by atoms with Crippen LogP contribution in [0.1, 0.15) is 18.8 Å². The van der Waals surface area contributed by atoms with E-state index in [0.717, 1.165) is 27.9 Å². The molecule has 0 aliphatic rings. The van der Waals surface area contributed by atoms with E-state index >= 15 is 0 Å². The summed E-state index contributed by atoms with van der Waals surface area (Å²) in [6.45, 7) is 4.03. The van der Waals surface area contributed by atoms with Crippen LogP contribution >= 0.6 is 0 Å². The topological polar surface area (TPSA) is 66.7 Å². The molecule has 5 nitrogen and oxygen atoms in total. The van der Waals surface area contributed by atoms with E-state index < -0.39 is 0 Å². The van der Waals surface area contributed by atoms with Crippen molar-refractivity contribution in [3.63, 3.8) is 0 Å². The summed E-state index contributed by atoms with van der Waals surface area (Å²) >= 11 is 0. The summed E-state index contributed by atoms with van der Waals surface area (Å²) in [5.41, 5.74) is 2.76. The van der Waals surface area contributed by atoms with E-state index in [9.17, 15) is 5.11 Å². The highest BCUT2D eigenvalue weighted by molar-refractivity contribution is 6.01. The van der Waals surface area contributed by atoms with Crippen molar-refractivity contribution in [2.24, 2.45) is 0 Å². The first-order chi connectivity index (χ1) is 8.22. The molecule has 0 aliphatic carbocycles. The quantitative estimate of drug-likeness (QED) is 0.705. The Morgan fingerprint density at radius 3 is 3.12 bits per heavy atom. The van der Waals surface area contributed by atoms with Crippen molar-refractivity contribution in [1.82, 2.24) is 19.5 Å². The molecule has 0 spiro atoms. The molecule has 0 radical (unpaired) electrons. The highest BCUT2D eigenvalue weighted by Crippen LogP contribution is 2.26. The second-order valence-electron chi connectivity index (χ2n) is 4.29. The minimum Gasteiger partial charge on any atom is -0.394 e. The van der Waals surface area contributed by atoms with E-state index in [1.54, 1.807) is 6.20 Å². The average Bonchev–Trinajstić information content (AvgIpc) is 2.90. The number of pyridine rings is 1. The Balaban J connectivity index is 2.46. The Morgan fingerprint density at radius 2 is 2.35 bits per heavy atom. The summed E-state index contributed by atoms with van der Waals surface area (Å²) in [6.07, 6.45) is 3.63. The molecular formula is C12H14N4O. The highest BCUT2D eigenvalue weighted by Gasteiger charge is 2.15. The lowest BCUT2D eigenvalue weighted by atomic mass is 10.2. The molecule has 5 heteroatoms. The number of nitrogens with zero attached hydrogens (tertiary/aromatic N) is 3. The van der Waals surface area contributed by atoms with Crippen molar-refractivity contribution in [2.45, 2.75) is 19.9 Å². The second-order valence-corrected chi connectivity index (χ2v) is 4.29. The molecular weight excluding hydrogens is 216 g/mol. The van der Waals surface area contributed by atoms with Crippen LogP contribution in [0.3, 0.4) is 0 Å². The predicted molar refractivity (Wildman–Crippen MR) is 65.9 cm³/mol. The van der Waals surface area contributed by atoms with Gasteiger partial charge in [-0.05, 0) is 19.9 Å². The number of rotatable bonds is 2. The molecule has 17 heavy (non-hydrogen) atoms. The molecule has 0 saturated heterocycles. The number of imidazole rings is 1. The second kappa shape index (κ2) is 3.56. The molecule has 0 fully saturated rings. The van der Waals surface area contributed by atoms with Crippen LogP contribution in [0.15, 0.2) is 18.5 Å². The van der Waals surface area contributed by atoms with Crippen LogP contribution in [0, 0.1) is 6.92 Å². The number of aryl methyl sites for hydroxylation is 1. The molecule has 2 N–H and O–H groups in total. The SMILES string of the molecule is Cc1nc2cnc3[nH]ccc3c2n1C(C)CO. The van der Waals surface area contributed by atoms with Crippen LogP contribution < -0.4 is 0 Å². The number of aromatic nitrogens is 4. The van der Waals surface area contributed by atoms with Crippen molar-refractivity contribution in [3.8, 4) is 0 Å². The van der Waals surface area contributed by atoms with Gasteiger partial charge in [0.2, 0.25) is 0 Å². The van der Waals surface area contributed by atoms with Crippen molar-refractivity contribution < 1.29 is 5.11 Å². The largest absolute Gasteiger partial charge is 0.394 e. The summed E-state index contributed by atoms with van der Waals surface area (Å²) in [6, 6.07) is 2.01. The zero-order valence-corrected chi connectivity index (χ0v) is 9.81. The molecule has 0 aliphatic heterocycles. The summed E-state index contributed by atoms with van der Waals surface area (Å²) in [5, 5.41) is 10.4. The first kappa shape index (κ1) is 10.3. The van der Waals surface area contributed by atoms with Crippen LogP contribution in [0.4, 0.5) is 0 Å². The first-order valence-corrected chi connectivity index (χ1v) is 5.64. The van der Waals surface area contributed by atoms with Gasteiger partial charge in [0.05, 0.1) is 24.4 Å². The van der Waals surface area contributed by atoms with Gasteiger partial charge in [0.25, 0.3) is 0 Å². The number of hydrogen-bond donors (Lipinski definition) is 2. The molecule has 88 valence electrons. The third-order valence-electron chi connectivity index (χ3n) is 3.12. The standard InChI is InChI=1S/C12H14N4O/c1-7(6-17)16-8(2)15-10-5-14-12-9(11(10)16)3-4-13-12/h3-5,7,17H,6H2,1-2H3,(H,13,14). The van der Waals surface area contributed by atoms with Crippen molar-refractivity contribution in [2.75, 3.05) is 6.61 Å². The number of aliphatic hydroxyl groups is 1. The molecule has 3 rings (SSSR count). The molecule has 3 aromatic heterocycles. The third kappa shape index (κ3) is 1.36. The molecule has 1 unspecified atom stereocenters. The van der Waals surface area contributed by atoms with Crippen LogP contribution in [0.25, 0.3) is 22.1 Å². The molecule has 0 aromatic carbocycles. The normalized spacial score (nSPS) is 13.6. The Bertz CT molecular complexity index is 682. The van der Waals surface area contributed by atoms with Gasteiger partial charge in [0, 0.05) is 11.6 Å². The minimum atomic E-state index is 0.0144. The molecule has 0 amide bonds. The van der Waals surface area contributed by atoms with Crippen molar-refractivity contribution >= 4 is 22.1 Å². The smallest absolute Gasteiger partial charge is 0.139 e. The van der Waals surface area contributed by atoms with E-state index in [4.69, 9.17) is 0 Å². The molecule has 0 saturated carbocycles. The van der Waals surface area contributed by atoms with Gasteiger partial charge in [-0.3, -0.25) is 0 Å². The number of nitrogens with one attached hydrogen (secondary N) is 1. The third-order valence-corrected chi connectivity index (χ3v) is 3.12. The number of aromatic amines is 1. The monoisotopic (exact) mass is 230 g/mol. The maximum atomic E-state index is 9.34. The number of H-pyrrole nitrogens is 1. The maximum absolute atomic E-state index is 9.34. The van der Waals surface area contributed by atoms with Gasteiger partial charge >= 0.3 is 0 Å². The fourth-order valence-corrected chi connectivity index (χ4v) is 2.33. The lowest BCUT2D eigenvalue weighted by Gasteiger charge is -2.13. The zero-order chi connectivity index (χ0) is 12.0. The fourth-order valence-electron chi connectivity index (χ4n) is 2.33. The van der Waals surface area contributed by atoms with E-state index in [1.807, 2.05) is 26.1 Å². The van der Waals surface area contributed by atoms with Crippen molar-refractivity contribution in [3.05, 3.63) is 24.3 Å². The maximum Gasteiger partial charge on any atom is 0.139 e. The van der Waals surface area contributed by atoms with Gasteiger partial charge < -0.3 is 14.7 Å². The lowest BCUT2D eigenvalue weighted by Crippen LogP contribution is -2.10. The molecule has 3 aromatic rings. The molecule has 0 bridgehead atoms. The van der Waals surface area contributed by atoms with Gasteiger partial charge in [-0.2, -0.15) is 0 Å². The molecule has 3 heterocycles. The van der Waals surface area contributed by atoms with Crippen LogP contribution in [-0.2, 0) is 0 Å². The zero-order valence-electron chi connectivity index (χ0n) is 9.81. The molecule has 1 atom stereocenters. The Labute approximate surface area is 98.1 Å². The number of hydrogen-bond acceptors (Lipinski definition) is 3. The van der Waals surface area contributed by atoms with Crippen LogP contribution in [0.5, 0.6) is 0 Å². The van der Waals surface area contributed by atoms with Crippen molar-refractivity contribution in [1.29, 1.82) is 0 Å². The van der Waals surface area contributed by atoms with Gasteiger partial charge in [0.15, 0.2) is 0 Å². The van der Waals surface area contributed by atoms with Gasteiger partial charge in [-0.25, -0.2) is 9.97 Å². The van der Waals surface area contributed by atoms with E-state index in [1.165, 1.54) is 0 Å². The Morgan fingerprint density at radius 1 is 1.53 bits per heavy atom. The fraction of sp³-hybridized carbons (Fsp3) is 0.333. The van der Waals surface area contributed by atoms with E-state index in [0.29, 0.717) is 0 Å². The summed E-state index contributed by atoms with van der Waals surface area (Å²) in [5.74, 6) is 0.900. The van der Waals surface area contributed by atoms with E-state index in [2.05, 4.69) is 19.5 Å². The highest BCUT2D eigenvalue weighted by atomic mass is 16.3. The van der Waals surface area contributed by atoms with E-state index in [-0.39, 0.29) is 12.6 Å². The van der Waals surface area contributed by atoms with Crippen LogP contribution in [-0.4, -0.2) is 31.2 Å². The summed E-state index contributed by atoms with van der Waals surface area (Å²) < 4.78 is 2.06. The Kier molecular flexibility index (Phi) is 2.16.